The van der Waals surface area contributed by atoms with Gasteiger partial charge in [0.25, 0.3) is 0 Å². The Bertz CT molecular complexity index is 1030. The van der Waals surface area contributed by atoms with E-state index in [0.29, 0.717) is 23.6 Å². The first-order valence-corrected chi connectivity index (χ1v) is 13.3. The Balaban J connectivity index is 1.33. The first-order valence-electron chi connectivity index (χ1n) is 13.3. The molecule has 2 aliphatic heterocycles. The van der Waals surface area contributed by atoms with Crippen molar-refractivity contribution in [1.29, 1.82) is 0 Å². The molecule has 1 amide bonds. The number of carbonyl (C=O) groups excluding carboxylic acids is 1. The lowest BCUT2D eigenvalue weighted by atomic mass is 9.72. The molecule has 2 aromatic rings. The van der Waals surface area contributed by atoms with Crippen LogP contribution in [0.5, 0.6) is 0 Å². The first kappa shape index (κ1) is 26.7. The molecule has 3 nitrogen and oxygen atoms in total. The number of piperidine rings is 1. The van der Waals surface area contributed by atoms with Crippen molar-refractivity contribution in [2.75, 3.05) is 26.2 Å². The lowest BCUT2D eigenvalue weighted by Gasteiger charge is -2.35. The minimum absolute atomic E-state index is 0.107. The van der Waals surface area contributed by atoms with Crippen LogP contribution in [0.1, 0.15) is 74.1 Å². The van der Waals surface area contributed by atoms with Crippen LogP contribution in [0.15, 0.2) is 48.5 Å². The van der Waals surface area contributed by atoms with E-state index in [2.05, 4.69) is 49.1 Å². The first-order chi connectivity index (χ1) is 17.1. The number of carbonyl (C=O) groups is 1. The second-order valence-corrected chi connectivity index (χ2v) is 11.1. The molecule has 2 aliphatic rings. The highest BCUT2D eigenvalue weighted by atomic mass is 19.4. The summed E-state index contributed by atoms with van der Waals surface area (Å²) in [6.07, 6.45) is 0.534. The van der Waals surface area contributed by atoms with Crippen molar-refractivity contribution in [3.8, 4) is 0 Å². The third-order valence-electron chi connectivity index (χ3n) is 8.44. The normalized spacial score (nSPS) is 22.1. The number of nitrogens with zero attached hydrogens (tertiary/aromatic N) is 2. The summed E-state index contributed by atoms with van der Waals surface area (Å²) in [5.74, 6) is 0.936. The summed E-state index contributed by atoms with van der Waals surface area (Å²) in [5.41, 5.74) is 1.49. The van der Waals surface area contributed by atoms with E-state index in [9.17, 15) is 18.0 Å². The minimum Gasteiger partial charge on any atom is -0.338 e. The lowest BCUT2D eigenvalue weighted by molar-refractivity contribution is -0.139. The van der Waals surface area contributed by atoms with Crippen LogP contribution in [0.2, 0.25) is 0 Å². The van der Waals surface area contributed by atoms with Crippen molar-refractivity contribution in [1.82, 2.24) is 9.80 Å². The Kier molecular flexibility index (Phi) is 8.13. The molecule has 0 spiro atoms. The fourth-order valence-corrected chi connectivity index (χ4v) is 6.24. The van der Waals surface area contributed by atoms with Crippen molar-refractivity contribution < 1.29 is 18.0 Å². The molecule has 2 heterocycles. The zero-order valence-electron chi connectivity index (χ0n) is 21.8. The number of hydrogen-bond donors (Lipinski definition) is 0. The van der Waals surface area contributed by atoms with E-state index in [4.69, 9.17) is 0 Å². The molecule has 0 N–H and O–H groups in total. The monoisotopic (exact) mass is 500 g/mol. The van der Waals surface area contributed by atoms with Gasteiger partial charge in [0, 0.05) is 13.1 Å². The van der Waals surface area contributed by atoms with Crippen LogP contribution in [0.4, 0.5) is 13.2 Å². The Morgan fingerprint density at radius 1 is 1.03 bits per heavy atom. The molecule has 6 heteroatoms. The quantitative estimate of drug-likeness (QED) is 0.388. The molecule has 4 rings (SSSR count). The molecule has 2 fully saturated rings. The number of likely N-dealkylation sites (tertiary alicyclic amines) is 2. The van der Waals surface area contributed by atoms with Gasteiger partial charge in [0.15, 0.2) is 0 Å². The van der Waals surface area contributed by atoms with Crippen molar-refractivity contribution in [2.45, 2.75) is 71.5 Å². The third kappa shape index (κ3) is 5.96. The van der Waals surface area contributed by atoms with Crippen LogP contribution in [0.25, 0.3) is 0 Å². The second-order valence-electron chi connectivity index (χ2n) is 11.1. The molecule has 2 aromatic carbocycles. The molecule has 36 heavy (non-hydrogen) atoms. The zero-order valence-corrected chi connectivity index (χ0v) is 21.8. The van der Waals surface area contributed by atoms with E-state index in [1.54, 1.807) is 17.9 Å². The topological polar surface area (TPSA) is 23.6 Å². The number of amides is 1. The van der Waals surface area contributed by atoms with Gasteiger partial charge in [-0.3, -0.25) is 4.79 Å². The van der Waals surface area contributed by atoms with E-state index in [1.165, 1.54) is 24.5 Å². The van der Waals surface area contributed by atoms with Crippen LogP contribution in [0, 0.1) is 18.3 Å². The summed E-state index contributed by atoms with van der Waals surface area (Å²) < 4.78 is 39.8. The summed E-state index contributed by atoms with van der Waals surface area (Å²) in [6, 6.07) is 14.9. The van der Waals surface area contributed by atoms with Gasteiger partial charge in [0.05, 0.1) is 11.0 Å². The standard InChI is InChI=1S/C30H39F3N2O/c1-22(2)29(12-7-14-34-15-10-26(11-16-34)25-8-5-4-6-9-25)13-17-35(28(29)36)21-24-18-23(3)19-27(20-24)30(31,32)33/h4-6,8-9,18-20,22,26H,7,10-17,21H2,1-3H3. The maximum atomic E-state index is 13.6. The maximum absolute atomic E-state index is 13.6. The fourth-order valence-electron chi connectivity index (χ4n) is 6.24. The van der Waals surface area contributed by atoms with Crippen molar-refractivity contribution in [2.24, 2.45) is 11.3 Å². The number of benzene rings is 2. The molecular weight excluding hydrogens is 461 g/mol. The van der Waals surface area contributed by atoms with Crippen LogP contribution in [-0.4, -0.2) is 41.9 Å². The molecule has 196 valence electrons. The third-order valence-corrected chi connectivity index (χ3v) is 8.44. The Hall–Kier alpha value is -2.34. The predicted octanol–water partition coefficient (Wildman–Crippen LogP) is 7.05. The van der Waals surface area contributed by atoms with E-state index in [0.717, 1.165) is 45.0 Å². The molecule has 0 radical (unpaired) electrons. The van der Waals surface area contributed by atoms with Gasteiger partial charge >= 0.3 is 6.18 Å². The molecule has 0 bridgehead atoms. The van der Waals surface area contributed by atoms with Gasteiger partial charge in [-0.05, 0) is 93.8 Å². The fraction of sp³-hybridized carbons (Fsp3) is 0.567. The van der Waals surface area contributed by atoms with Gasteiger partial charge in [-0.2, -0.15) is 13.2 Å². The van der Waals surface area contributed by atoms with E-state index >= 15 is 0 Å². The van der Waals surface area contributed by atoms with Crippen molar-refractivity contribution in [3.05, 3.63) is 70.8 Å². The molecule has 0 aromatic heterocycles. The Morgan fingerprint density at radius 3 is 2.36 bits per heavy atom. The molecular formula is C30H39F3N2O. The number of alkyl halides is 3. The highest BCUT2D eigenvalue weighted by Gasteiger charge is 2.48. The molecule has 0 aliphatic carbocycles. The number of aryl methyl sites for hydroxylation is 1. The van der Waals surface area contributed by atoms with Crippen LogP contribution in [-0.2, 0) is 17.5 Å². The van der Waals surface area contributed by atoms with Crippen LogP contribution < -0.4 is 0 Å². The van der Waals surface area contributed by atoms with Gasteiger partial charge in [0.1, 0.15) is 0 Å². The average molecular weight is 501 g/mol. The van der Waals surface area contributed by atoms with E-state index < -0.39 is 17.2 Å². The van der Waals surface area contributed by atoms with E-state index in [-0.39, 0.29) is 18.4 Å². The molecule has 1 atom stereocenters. The molecule has 0 saturated carbocycles. The van der Waals surface area contributed by atoms with Crippen molar-refractivity contribution >= 4 is 5.91 Å². The summed E-state index contributed by atoms with van der Waals surface area (Å²) >= 11 is 0. The smallest absolute Gasteiger partial charge is 0.338 e. The summed E-state index contributed by atoms with van der Waals surface area (Å²) in [5, 5.41) is 0. The lowest BCUT2D eigenvalue weighted by Crippen LogP contribution is -2.39. The van der Waals surface area contributed by atoms with E-state index in [1.807, 2.05) is 0 Å². The van der Waals surface area contributed by atoms with Crippen LogP contribution in [0.3, 0.4) is 0 Å². The Labute approximate surface area is 213 Å². The Morgan fingerprint density at radius 2 is 1.72 bits per heavy atom. The average Bonchev–Trinajstić information content (AvgIpc) is 3.15. The van der Waals surface area contributed by atoms with Gasteiger partial charge in [-0.1, -0.05) is 55.8 Å². The SMILES string of the molecule is Cc1cc(CN2CCC(CCCN3CCC(c4ccccc4)CC3)(C(C)C)C2=O)cc(C(F)(F)F)c1. The maximum Gasteiger partial charge on any atom is 0.416 e. The summed E-state index contributed by atoms with van der Waals surface area (Å²) in [4.78, 5) is 17.9. The van der Waals surface area contributed by atoms with Gasteiger partial charge in [-0.15, -0.1) is 0 Å². The number of hydrogen-bond acceptors (Lipinski definition) is 2. The van der Waals surface area contributed by atoms with Crippen LogP contribution >= 0.6 is 0 Å². The molecule has 1 unspecified atom stereocenters. The van der Waals surface area contributed by atoms with Gasteiger partial charge in [0.2, 0.25) is 5.91 Å². The highest BCUT2D eigenvalue weighted by Crippen LogP contribution is 2.44. The summed E-state index contributed by atoms with van der Waals surface area (Å²) in [7, 11) is 0. The molecule has 2 saturated heterocycles. The number of rotatable bonds is 8. The summed E-state index contributed by atoms with van der Waals surface area (Å²) in [6.45, 7) is 9.91. The second kappa shape index (κ2) is 11.0. The van der Waals surface area contributed by atoms with Crippen molar-refractivity contribution in [3.63, 3.8) is 0 Å². The minimum atomic E-state index is -4.38. The van der Waals surface area contributed by atoms with Gasteiger partial charge in [-0.25, -0.2) is 0 Å². The zero-order chi connectivity index (χ0) is 25.9. The largest absolute Gasteiger partial charge is 0.416 e. The predicted molar refractivity (Wildman–Crippen MR) is 138 cm³/mol. The van der Waals surface area contributed by atoms with Gasteiger partial charge < -0.3 is 9.80 Å². The highest BCUT2D eigenvalue weighted by molar-refractivity contribution is 5.85. The number of halogens is 3.